The number of nitrogens with one attached hydrogen (secondary N) is 1. The molecule has 24 heavy (non-hydrogen) atoms. The number of rotatable bonds is 5. The molecule has 0 fully saturated rings. The predicted octanol–water partition coefficient (Wildman–Crippen LogP) is 4.53. The Balaban J connectivity index is 1.95. The average Bonchev–Trinajstić information content (AvgIpc) is 2.52. The van der Waals surface area contributed by atoms with Crippen LogP contribution in [0.15, 0.2) is 41.5 Å². The fraction of sp³-hybridized carbons (Fsp3) is 0.222. The molecule has 2 rings (SSSR count). The lowest BCUT2D eigenvalue weighted by atomic mass is 10.1. The summed E-state index contributed by atoms with van der Waals surface area (Å²) in [7, 11) is 0. The fourth-order valence-electron chi connectivity index (χ4n) is 2.08. The van der Waals surface area contributed by atoms with Gasteiger partial charge in [0, 0.05) is 10.0 Å². The molecular weight excluding hydrogens is 347 g/mol. The second kappa shape index (κ2) is 8.18. The molecule has 0 heterocycles. The van der Waals surface area contributed by atoms with Crippen molar-refractivity contribution in [1.29, 1.82) is 0 Å². The minimum Gasteiger partial charge on any atom is -0.481 e. The van der Waals surface area contributed by atoms with Crippen LogP contribution in [-0.4, -0.2) is 18.2 Å². The maximum atomic E-state index is 12.0. The molecule has 0 aliphatic rings. The molecule has 0 spiro atoms. The average molecular weight is 365 g/mol. The van der Waals surface area contributed by atoms with Gasteiger partial charge in [0.25, 0.3) is 5.91 Å². The van der Waals surface area contributed by atoms with Crippen molar-refractivity contribution in [2.24, 2.45) is 5.10 Å². The summed E-state index contributed by atoms with van der Waals surface area (Å²) >= 11 is 12.0. The largest absolute Gasteiger partial charge is 0.481 e. The zero-order valence-corrected chi connectivity index (χ0v) is 15.2. The van der Waals surface area contributed by atoms with E-state index in [-0.39, 0.29) is 5.91 Å². The highest BCUT2D eigenvalue weighted by Crippen LogP contribution is 2.26. The Morgan fingerprint density at radius 1 is 1.21 bits per heavy atom. The highest BCUT2D eigenvalue weighted by molar-refractivity contribution is 6.32. The Morgan fingerprint density at radius 2 is 1.88 bits per heavy atom. The molecule has 1 unspecified atom stereocenters. The lowest BCUT2D eigenvalue weighted by Gasteiger charge is -2.14. The van der Waals surface area contributed by atoms with Gasteiger partial charge in [0.05, 0.1) is 6.21 Å². The molecule has 0 aromatic heterocycles. The predicted molar refractivity (Wildman–Crippen MR) is 98.2 cm³/mol. The number of amides is 1. The van der Waals surface area contributed by atoms with Crippen molar-refractivity contribution in [3.05, 3.63) is 63.1 Å². The number of halogens is 2. The normalized spacial score (nSPS) is 12.2. The summed E-state index contributed by atoms with van der Waals surface area (Å²) in [5.74, 6) is 0.245. The van der Waals surface area contributed by atoms with Crippen LogP contribution in [0.25, 0.3) is 0 Å². The van der Waals surface area contributed by atoms with Gasteiger partial charge in [0.15, 0.2) is 6.10 Å². The molecule has 0 aliphatic carbocycles. The minimum absolute atomic E-state index is 0.349. The molecule has 4 nitrogen and oxygen atoms in total. The van der Waals surface area contributed by atoms with Crippen LogP contribution in [0.2, 0.25) is 10.0 Å². The van der Waals surface area contributed by atoms with Crippen LogP contribution in [0.3, 0.4) is 0 Å². The summed E-state index contributed by atoms with van der Waals surface area (Å²) in [5.41, 5.74) is 5.04. The quantitative estimate of drug-likeness (QED) is 0.625. The number of aryl methyl sites for hydroxylation is 2. The van der Waals surface area contributed by atoms with Crippen molar-refractivity contribution in [3.63, 3.8) is 0 Å². The number of nitrogens with zero attached hydrogens (tertiary/aromatic N) is 1. The standard InChI is InChI=1S/C18H18Cl2N2O2/c1-11-7-16(8-12(2)17(11)20)24-13(3)18(23)22-21-10-14-5-4-6-15(19)9-14/h4-10,13H,1-3H3,(H,22,23)/b21-10+. The zero-order valence-electron chi connectivity index (χ0n) is 13.6. The van der Waals surface area contributed by atoms with Crippen LogP contribution in [0.4, 0.5) is 0 Å². The smallest absolute Gasteiger partial charge is 0.280 e. The molecule has 2 aromatic rings. The molecule has 0 bridgehead atoms. The maximum absolute atomic E-state index is 12.0. The first-order valence-corrected chi connectivity index (χ1v) is 8.14. The molecule has 0 radical (unpaired) electrons. The van der Waals surface area contributed by atoms with Crippen molar-refractivity contribution < 1.29 is 9.53 Å². The molecular formula is C18H18Cl2N2O2. The second-order valence-corrected chi connectivity index (χ2v) is 6.23. The summed E-state index contributed by atoms with van der Waals surface area (Å²) in [6.07, 6.45) is 0.828. The Kier molecular flexibility index (Phi) is 6.23. The van der Waals surface area contributed by atoms with E-state index >= 15 is 0 Å². The summed E-state index contributed by atoms with van der Waals surface area (Å²) in [5, 5.41) is 5.22. The van der Waals surface area contributed by atoms with Crippen molar-refractivity contribution in [1.82, 2.24) is 5.43 Å². The lowest BCUT2D eigenvalue weighted by Crippen LogP contribution is -2.33. The van der Waals surface area contributed by atoms with Gasteiger partial charge in [-0.1, -0.05) is 35.3 Å². The highest BCUT2D eigenvalue weighted by atomic mass is 35.5. The Morgan fingerprint density at radius 3 is 2.50 bits per heavy atom. The van der Waals surface area contributed by atoms with Crippen LogP contribution in [0.1, 0.15) is 23.6 Å². The van der Waals surface area contributed by atoms with E-state index in [4.69, 9.17) is 27.9 Å². The first-order chi connectivity index (χ1) is 11.4. The van der Waals surface area contributed by atoms with Gasteiger partial charge in [-0.2, -0.15) is 5.10 Å². The monoisotopic (exact) mass is 364 g/mol. The van der Waals surface area contributed by atoms with E-state index < -0.39 is 6.10 Å². The molecule has 1 amide bonds. The van der Waals surface area contributed by atoms with Crippen LogP contribution >= 0.6 is 23.2 Å². The number of ether oxygens (including phenoxy) is 1. The molecule has 2 aromatic carbocycles. The van der Waals surface area contributed by atoms with Crippen LogP contribution in [0, 0.1) is 13.8 Å². The van der Waals surface area contributed by atoms with E-state index in [1.54, 1.807) is 31.2 Å². The number of carbonyl (C=O) groups is 1. The number of hydrogen-bond acceptors (Lipinski definition) is 3. The van der Waals surface area contributed by atoms with E-state index in [0.29, 0.717) is 15.8 Å². The molecule has 0 saturated heterocycles. The Hall–Kier alpha value is -2.04. The van der Waals surface area contributed by atoms with Crippen LogP contribution in [-0.2, 0) is 4.79 Å². The SMILES string of the molecule is Cc1cc(OC(C)C(=O)N/N=C/c2cccc(Cl)c2)cc(C)c1Cl. The van der Waals surface area contributed by atoms with Gasteiger partial charge in [-0.15, -0.1) is 0 Å². The number of hydrogen-bond donors (Lipinski definition) is 1. The summed E-state index contributed by atoms with van der Waals surface area (Å²) in [6.45, 7) is 5.44. The maximum Gasteiger partial charge on any atom is 0.280 e. The first kappa shape index (κ1) is 18.3. The van der Waals surface area contributed by atoms with E-state index in [1.165, 1.54) is 6.21 Å². The molecule has 1 atom stereocenters. The molecule has 1 N–H and O–H groups in total. The van der Waals surface area contributed by atoms with Gasteiger partial charge in [0.1, 0.15) is 5.75 Å². The summed E-state index contributed by atoms with van der Waals surface area (Å²) < 4.78 is 5.65. The van der Waals surface area contributed by atoms with Crippen LogP contribution < -0.4 is 10.2 Å². The van der Waals surface area contributed by atoms with Gasteiger partial charge in [-0.05, 0) is 61.7 Å². The van der Waals surface area contributed by atoms with Gasteiger partial charge < -0.3 is 4.74 Å². The van der Waals surface area contributed by atoms with Crippen molar-refractivity contribution in [2.45, 2.75) is 26.9 Å². The lowest BCUT2D eigenvalue weighted by molar-refractivity contribution is -0.127. The third-order valence-corrected chi connectivity index (χ3v) is 4.16. The van der Waals surface area contributed by atoms with Gasteiger partial charge in [-0.25, -0.2) is 5.43 Å². The minimum atomic E-state index is -0.693. The van der Waals surface area contributed by atoms with Gasteiger partial charge >= 0.3 is 0 Å². The van der Waals surface area contributed by atoms with Crippen molar-refractivity contribution in [2.75, 3.05) is 0 Å². The molecule has 6 heteroatoms. The number of hydrazone groups is 1. The Bertz CT molecular complexity index is 752. The zero-order chi connectivity index (χ0) is 17.7. The number of benzene rings is 2. The highest BCUT2D eigenvalue weighted by Gasteiger charge is 2.15. The molecule has 126 valence electrons. The summed E-state index contributed by atoms with van der Waals surface area (Å²) in [6, 6.07) is 10.8. The molecule has 0 aliphatic heterocycles. The van der Waals surface area contributed by atoms with Crippen molar-refractivity contribution >= 4 is 35.3 Å². The van der Waals surface area contributed by atoms with Crippen molar-refractivity contribution in [3.8, 4) is 5.75 Å². The van der Waals surface area contributed by atoms with Gasteiger partial charge in [-0.3, -0.25) is 4.79 Å². The first-order valence-electron chi connectivity index (χ1n) is 7.38. The second-order valence-electron chi connectivity index (χ2n) is 5.42. The van der Waals surface area contributed by atoms with Crippen LogP contribution in [0.5, 0.6) is 5.75 Å². The summed E-state index contributed by atoms with van der Waals surface area (Å²) in [4.78, 5) is 12.0. The number of carbonyl (C=O) groups excluding carboxylic acids is 1. The Labute approximate surface area is 151 Å². The van der Waals surface area contributed by atoms with E-state index in [0.717, 1.165) is 16.7 Å². The van der Waals surface area contributed by atoms with E-state index in [1.807, 2.05) is 26.0 Å². The van der Waals surface area contributed by atoms with Gasteiger partial charge in [0.2, 0.25) is 0 Å². The van der Waals surface area contributed by atoms with E-state index in [9.17, 15) is 4.79 Å². The molecule has 0 saturated carbocycles. The topological polar surface area (TPSA) is 50.7 Å². The van der Waals surface area contributed by atoms with E-state index in [2.05, 4.69) is 10.5 Å². The third kappa shape index (κ3) is 4.98. The fourth-order valence-corrected chi connectivity index (χ4v) is 2.39. The third-order valence-electron chi connectivity index (χ3n) is 3.33.